The van der Waals surface area contributed by atoms with Crippen molar-refractivity contribution in [2.24, 2.45) is 0 Å². The smallest absolute Gasteiger partial charge is 0.350 e. The van der Waals surface area contributed by atoms with Crippen molar-refractivity contribution in [3.63, 3.8) is 0 Å². The van der Waals surface area contributed by atoms with Crippen LogP contribution in [0.15, 0.2) is 51.7 Å². The zero-order chi connectivity index (χ0) is 27.7. The Morgan fingerprint density at radius 1 is 1.10 bits per heavy atom. The van der Waals surface area contributed by atoms with Crippen LogP contribution in [-0.2, 0) is 4.74 Å². The number of para-hydroxylation sites is 1. The Balaban J connectivity index is 1.71. The fourth-order valence-corrected chi connectivity index (χ4v) is 5.62. The van der Waals surface area contributed by atoms with Crippen molar-refractivity contribution in [2.75, 3.05) is 25.2 Å². The van der Waals surface area contributed by atoms with E-state index in [-0.39, 0.29) is 26.8 Å². The van der Waals surface area contributed by atoms with Gasteiger partial charge < -0.3 is 18.6 Å². The monoisotopic (exact) mass is 548 g/mol. The highest BCUT2D eigenvalue weighted by molar-refractivity contribution is 7.17. The van der Waals surface area contributed by atoms with Crippen molar-refractivity contribution in [3.05, 3.63) is 80.1 Å². The molecule has 0 saturated carbocycles. The summed E-state index contributed by atoms with van der Waals surface area (Å²) in [5.41, 5.74) is 1.24. The molecular formula is C29H28N2O7S. The SMILES string of the molecule is CCCCOc1ccc(C2c3c(oc4ccccc4c3=O)C(=O)N2c2nc(C)c(C(=O)OC)s2)cc1OCC. The molecule has 202 valence electrons. The van der Waals surface area contributed by atoms with Crippen LogP contribution in [0.1, 0.15) is 69.8 Å². The summed E-state index contributed by atoms with van der Waals surface area (Å²) in [6, 6.07) is 11.3. The molecule has 39 heavy (non-hydrogen) atoms. The van der Waals surface area contributed by atoms with Gasteiger partial charge in [0.15, 0.2) is 22.1 Å². The minimum Gasteiger partial charge on any atom is -0.490 e. The van der Waals surface area contributed by atoms with Crippen LogP contribution in [0.3, 0.4) is 0 Å². The quantitative estimate of drug-likeness (QED) is 0.194. The number of aromatic nitrogens is 1. The molecule has 0 N–H and O–H groups in total. The predicted molar refractivity (Wildman–Crippen MR) is 147 cm³/mol. The highest BCUT2D eigenvalue weighted by atomic mass is 32.1. The van der Waals surface area contributed by atoms with Gasteiger partial charge >= 0.3 is 5.97 Å². The third-order valence-electron chi connectivity index (χ3n) is 6.48. The average Bonchev–Trinajstić information content (AvgIpc) is 3.46. The molecule has 0 fully saturated rings. The van der Waals surface area contributed by atoms with E-state index in [9.17, 15) is 14.4 Å². The van der Waals surface area contributed by atoms with Crippen LogP contribution in [0.2, 0.25) is 0 Å². The maximum atomic E-state index is 13.9. The Morgan fingerprint density at radius 3 is 2.64 bits per heavy atom. The number of carbonyl (C=O) groups is 2. The second-order valence-electron chi connectivity index (χ2n) is 8.99. The van der Waals surface area contributed by atoms with E-state index in [0.717, 1.165) is 24.2 Å². The van der Waals surface area contributed by atoms with Gasteiger partial charge in [-0.05, 0) is 50.1 Å². The van der Waals surface area contributed by atoms with Crippen molar-refractivity contribution >= 4 is 39.3 Å². The normalized spacial score (nSPS) is 14.5. The van der Waals surface area contributed by atoms with Crippen molar-refractivity contribution in [2.45, 2.75) is 39.7 Å². The molecule has 5 rings (SSSR count). The van der Waals surface area contributed by atoms with Crippen LogP contribution in [0.4, 0.5) is 5.13 Å². The lowest BCUT2D eigenvalue weighted by molar-refractivity contribution is 0.0605. The molecule has 0 saturated heterocycles. The number of fused-ring (bicyclic) bond motifs is 2. The number of anilines is 1. The fourth-order valence-electron chi connectivity index (χ4n) is 4.61. The second-order valence-corrected chi connectivity index (χ2v) is 9.97. The van der Waals surface area contributed by atoms with Gasteiger partial charge in [-0.15, -0.1) is 0 Å². The van der Waals surface area contributed by atoms with Crippen LogP contribution >= 0.6 is 11.3 Å². The predicted octanol–water partition coefficient (Wildman–Crippen LogP) is 5.67. The summed E-state index contributed by atoms with van der Waals surface area (Å²) in [7, 11) is 1.29. The lowest BCUT2D eigenvalue weighted by Crippen LogP contribution is -2.29. The highest BCUT2D eigenvalue weighted by Gasteiger charge is 2.45. The standard InChI is InChI=1S/C29H28N2O7S/c1-5-7-14-37-20-13-12-17(15-21(20)36-6-2)23-22-24(32)18-10-8-9-11-19(18)38-25(22)27(33)31(23)29-30-16(3)26(39-29)28(34)35-4/h8-13,15,23H,5-7,14H2,1-4H3. The molecule has 0 aliphatic carbocycles. The van der Waals surface area contributed by atoms with E-state index >= 15 is 0 Å². The first-order valence-corrected chi connectivity index (χ1v) is 13.6. The molecule has 0 bridgehead atoms. The Morgan fingerprint density at radius 2 is 1.90 bits per heavy atom. The van der Waals surface area contributed by atoms with Gasteiger partial charge in [-0.1, -0.05) is 42.9 Å². The van der Waals surface area contributed by atoms with E-state index < -0.39 is 17.9 Å². The number of aryl methyl sites for hydroxylation is 1. The first-order valence-electron chi connectivity index (χ1n) is 12.7. The van der Waals surface area contributed by atoms with Gasteiger partial charge in [0.05, 0.1) is 43.0 Å². The molecule has 1 unspecified atom stereocenters. The Labute approximate surface area is 228 Å². The molecule has 1 amide bonds. The fraction of sp³-hybridized carbons (Fsp3) is 0.310. The van der Waals surface area contributed by atoms with Crippen molar-refractivity contribution in [1.29, 1.82) is 0 Å². The molecule has 0 spiro atoms. The molecule has 1 aliphatic rings. The van der Waals surface area contributed by atoms with Crippen LogP contribution in [0.5, 0.6) is 11.5 Å². The lowest BCUT2D eigenvalue weighted by atomic mass is 9.98. The van der Waals surface area contributed by atoms with E-state index in [4.69, 9.17) is 18.6 Å². The summed E-state index contributed by atoms with van der Waals surface area (Å²) in [5.74, 6) is -0.0535. The maximum Gasteiger partial charge on any atom is 0.350 e. The van der Waals surface area contributed by atoms with E-state index in [0.29, 0.717) is 46.9 Å². The summed E-state index contributed by atoms with van der Waals surface area (Å²) >= 11 is 1.02. The summed E-state index contributed by atoms with van der Waals surface area (Å²) in [6.07, 6.45) is 1.88. The van der Waals surface area contributed by atoms with Crippen molar-refractivity contribution in [3.8, 4) is 11.5 Å². The van der Waals surface area contributed by atoms with Gasteiger partial charge in [0.2, 0.25) is 5.76 Å². The molecule has 0 radical (unpaired) electrons. The van der Waals surface area contributed by atoms with Crippen LogP contribution in [0.25, 0.3) is 11.0 Å². The Bertz CT molecular complexity index is 1620. The van der Waals surface area contributed by atoms with Crippen LogP contribution in [-0.4, -0.2) is 37.2 Å². The van der Waals surface area contributed by atoms with Crippen LogP contribution in [0, 0.1) is 6.92 Å². The molecular weight excluding hydrogens is 520 g/mol. The Kier molecular flexibility index (Phi) is 7.38. The average molecular weight is 549 g/mol. The van der Waals surface area contributed by atoms with Crippen LogP contribution < -0.4 is 19.8 Å². The van der Waals surface area contributed by atoms with Gasteiger partial charge in [-0.2, -0.15) is 0 Å². The number of unbranched alkanes of at least 4 members (excludes halogenated alkanes) is 1. The lowest BCUT2D eigenvalue weighted by Gasteiger charge is -2.23. The Hall–Kier alpha value is -4.18. The molecule has 2 aromatic heterocycles. The first-order chi connectivity index (χ1) is 18.9. The zero-order valence-electron chi connectivity index (χ0n) is 22.1. The molecule has 3 heterocycles. The van der Waals surface area contributed by atoms with E-state index in [2.05, 4.69) is 11.9 Å². The number of methoxy groups -OCH3 is 1. The third kappa shape index (κ3) is 4.65. The number of benzene rings is 2. The third-order valence-corrected chi connectivity index (χ3v) is 7.62. The number of hydrogen-bond acceptors (Lipinski definition) is 9. The molecule has 10 heteroatoms. The minimum absolute atomic E-state index is 0.0580. The number of nitrogens with zero attached hydrogens (tertiary/aromatic N) is 2. The number of thiazole rings is 1. The number of hydrogen-bond donors (Lipinski definition) is 0. The first kappa shape index (κ1) is 26.4. The van der Waals surface area contributed by atoms with E-state index in [1.807, 2.05) is 6.92 Å². The van der Waals surface area contributed by atoms with Gasteiger partial charge in [0.25, 0.3) is 5.91 Å². The van der Waals surface area contributed by atoms with Crippen molar-refractivity contribution < 1.29 is 28.2 Å². The van der Waals surface area contributed by atoms with E-state index in [1.165, 1.54) is 12.0 Å². The van der Waals surface area contributed by atoms with Gasteiger partial charge in [-0.3, -0.25) is 14.5 Å². The zero-order valence-corrected chi connectivity index (χ0v) is 22.9. The number of esters is 1. The molecule has 1 aliphatic heterocycles. The number of carbonyl (C=O) groups excluding carboxylic acids is 2. The largest absolute Gasteiger partial charge is 0.490 e. The molecule has 1 atom stereocenters. The summed E-state index contributed by atoms with van der Waals surface area (Å²) in [4.78, 5) is 46.2. The van der Waals surface area contributed by atoms with Gasteiger partial charge in [0, 0.05) is 0 Å². The molecule has 9 nitrogen and oxygen atoms in total. The second kappa shape index (κ2) is 10.9. The number of amides is 1. The number of ether oxygens (including phenoxy) is 3. The summed E-state index contributed by atoms with van der Waals surface area (Å²) in [6.45, 7) is 6.56. The minimum atomic E-state index is -0.867. The van der Waals surface area contributed by atoms with Gasteiger partial charge in [-0.25, -0.2) is 9.78 Å². The maximum absolute atomic E-state index is 13.9. The topological polar surface area (TPSA) is 108 Å². The number of rotatable bonds is 9. The van der Waals surface area contributed by atoms with E-state index in [1.54, 1.807) is 49.4 Å². The highest BCUT2D eigenvalue weighted by Crippen LogP contribution is 2.45. The van der Waals surface area contributed by atoms with Crippen molar-refractivity contribution in [1.82, 2.24) is 4.98 Å². The summed E-state index contributed by atoms with van der Waals surface area (Å²) in [5, 5.41) is 0.616. The molecule has 4 aromatic rings. The van der Waals surface area contributed by atoms with Gasteiger partial charge in [0.1, 0.15) is 10.5 Å². The summed E-state index contributed by atoms with van der Waals surface area (Å²) < 4.78 is 22.7. The molecule has 2 aromatic carbocycles.